The molecule has 0 saturated heterocycles. The Labute approximate surface area is 242 Å². The minimum absolute atomic E-state index is 0.0177. The molecule has 40 heavy (non-hydrogen) atoms. The molecule has 6 nitrogen and oxygen atoms in total. The summed E-state index contributed by atoms with van der Waals surface area (Å²) in [6, 6.07) is 34.3. The van der Waals surface area contributed by atoms with Crippen LogP contribution in [0.4, 0.5) is 11.4 Å². The van der Waals surface area contributed by atoms with Crippen LogP contribution in [0.25, 0.3) is 11.1 Å². The topological polar surface area (TPSA) is 84.5 Å². The van der Waals surface area contributed by atoms with Gasteiger partial charge in [-0.15, -0.1) is 0 Å². The summed E-state index contributed by atoms with van der Waals surface area (Å²) in [5.41, 5.74) is 2.62. The van der Waals surface area contributed by atoms with Crippen LogP contribution < -0.4 is 14.8 Å². The number of anilines is 2. The molecule has 5 aromatic rings. The standard InChI is InChI=1S/C31H22Cl2N2O4S/c32-23-13-18-29(27(20-23)31(36)34-24-10-6-9-22(19-24)21-7-2-1-3-8-21)35-40(37,38)26-16-14-25(15-17-26)39-30-12-5-4-11-28(30)33/h1-20,35H,(H,34,36). The summed E-state index contributed by atoms with van der Waals surface area (Å²) >= 11 is 12.3. The molecule has 1 amide bonds. The average Bonchev–Trinajstić information content (AvgIpc) is 2.96. The first kappa shape index (κ1) is 27.3. The molecule has 0 radical (unpaired) electrons. The molecule has 0 unspecified atom stereocenters. The van der Waals surface area contributed by atoms with Gasteiger partial charge in [0.15, 0.2) is 0 Å². The van der Waals surface area contributed by atoms with Crippen molar-refractivity contribution in [1.29, 1.82) is 0 Å². The van der Waals surface area contributed by atoms with E-state index < -0.39 is 15.9 Å². The molecule has 0 fully saturated rings. The van der Waals surface area contributed by atoms with Gasteiger partial charge in [0, 0.05) is 10.7 Å². The predicted molar refractivity (Wildman–Crippen MR) is 160 cm³/mol. The fourth-order valence-corrected chi connectivity index (χ4v) is 5.37. The second kappa shape index (κ2) is 11.8. The molecule has 0 aliphatic rings. The number of amides is 1. The Balaban J connectivity index is 1.35. The van der Waals surface area contributed by atoms with Gasteiger partial charge in [0.2, 0.25) is 0 Å². The van der Waals surface area contributed by atoms with Crippen molar-refractivity contribution in [3.8, 4) is 22.6 Å². The quantitative estimate of drug-likeness (QED) is 0.190. The van der Waals surface area contributed by atoms with E-state index in [0.29, 0.717) is 22.2 Å². The third kappa shape index (κ3) is 6.46. The number of carbonyl (C=O) groups is 1. The lowest BCUT2D eigenvalue weighted by molar-refractivity contribution is 0.102. The average molecular weight is 590 g/mol. The van der Waals surface area contributed by atoms with Crippen LogP contribution in [0.3, 0.4) is 0 Å². The Morgan fingerprint density at radius 3 is 2.15 bits per heavy atom. The first-order valence-corrected chi connectivity index (χ1v) is 14.3. The van der Waals surface area contributed by atoms with E-state index in [-0.39, 0.29) is 21.2 Å². The normalized spacial score (nSPS) is 11.1. The molecule has 0 saturated carbocycles. The van der Waals surface area contributed by atoms with E-state index >= 15 is 0 Å². The maximum Gasteiger partial charge on any atom is 0.261 e. The van der Waals surface area contributed by atoms with Crippen molar-refractivity contribution < 1.29 is 17.9 Å². The van der Waals surface area contributed by atoms with Crippen molar-refractivity contribution in [3.63, 3.8) is 0 Å². The number of hydrogen-bond acceptors (Lipinski definition) is 4. The number of para-hydroxylation sites is 1. The predicted octanol–water partition coefficient (Wildman–Crippen LogP) is 8.51. The molecule has 2 N–H and O–H groups in total. The second-order valence-corrected chi connectivity index (χ2v) is 11.2. The first-order chi connectivity index (χ1) is 19.3. The lowest BCUT2D eigenvalue weighted by Crippen LogP contribution is -2.18. The van der Waals surface area contributed by atoms with Crippen LogP contribution >= 0.6 is 23.2 Å². The van der Waals surface area contributed by atoms with E-state index in [1.807, 2.05) is 48.5 Å². The van der Waals surface area contributed by atoms with E-state index in [2.05, 4.69) is 10.0 Å². The van der Waals surface area contributed by atoms with Crippen molar-refractivity contribution in [2.75, 3.05) is 10.0 Å². The molecule has 200 valence electrons. The Bertz CT molecular complexity index is 1780. The summed E-state index contributed by atoms with van der Waals surface area (Å²) in [6.07, 6.45) is 0. The van der Waals surface area contributed by atoms with Gasteiger partial charge in [-0.05, 0) is 77.9 Å². The fraction of sp³-hybridized carbons (Fsp3) is 0. The maximum absolute atomic E-state index is 13.3. The molecule has 0 bridgehead atoms. The highest BCUT2D eigenvalue weighted by Gasteiger charge is 2.20. The third-order valence-corrected chi connectivity index (χ3v) is 7.83. The van der Waals surface area contributed by atoms with Gasteiger partial charge >= 0.3 is 0 Å². The molecule has 0 aromatic heterocycles. The number of halogens is 2. The summed E-state index contributed by atoms with van der Waals surface area (Å²) in [5.74, 6) is 0.342. The van der Waals surface area contributed by atoms with Gasteiger partial charge in [-0.3, -0.25) is 9.52 Å². The number of rotatable bonds is 8. The number of carbonyl (C=O) groups excluding carboxylic acids is 1. The van der Waals surface area contributed by atoms with Gasteiger partial charge in [-0.2, -0.15) is 0 Å². The molecular formula is C31H22Cl2N2O4S. The molecule has 0 heterocycles. The van der Waals surface area contributed by atoms with Crippen molar-refractivity contribution in [3.05, 3.63) is 137 Å². The van der Waals surface area contributed by atoms with E-state index in [0.717, 1.165) is 11.1 Å². The SMILES string of the molecule is O=C(Nc1cccc(-c2ccccc2)c1)c1cc(Cl)ccc1NS(=O)(=O)c1ccc(Oc2ccccc2Cl)cc1. The van der Waals surface area contributed by atoms with Gasteiger partial charge in [0.1, 0.15) is 11.5 Å². The van der Waals surface area contributed by atoms with Crippen molar-refractivity contribution in [1.82, 2.24) is 0 Å². The van der Waals surface area contributed by atoms with Crippen LogP contribution in [0.15, 0.2) is 126 Å². The Morgan fingerprint density at radius 2 is 1.40 bits per heavy atom. The Kier molecular flexibility index (Phi) is 8.07. The van der Waals surface area contributed by atoms with E-state index in [9.17, 15) is 13.2 Å². The molecule has 0 aliphatic carbocycles. The minimum Gasteiger partial charge on any atom is -0.456 e. The summed E-state index contributed by atoms with van der Waals surface area (Å²) in [7, 11) is -4.05. The van der Waals surface area contributed by atoms with Gasteiger partial charge in [-0.25, -0.2) is 8.42 Å². The molecule has 0 aliphatic heterocycles. The third-order valence-electron chi connectivity index (χ3n) is 5.90. The van der Waals surface area contributed by atoms with Crippen LogP contribution in [-0.2, 0) is 10.0 Å². The molecule has 0 atom stereocenters. The zero-order chi connectivity index (χ0) is 28.1. The monoisotopic (exact) mass is 588 g/mol. The zero-order valence-corrected chi connectivity index (χ0v) is 23.2. The summed E-state index contributed by atoms with van der Waals surface area (Å²) in [5, 5.41) is 3.55. The summed E-state index contributed by atoms with van der Waals surface area (Å²) in [4.78, 5) is 13.3. The minimum atomic E-state index is -4.05. The van der Waals surface area contributed by atoms with E-state index in [4.69, 9.17) is 27.9 Å². The number of benzene rings is 5. The van der Waals surface area contributed by atoms with Crippen LogP contribution in [0.5, 0.6) is 11.5 Å². The van der Waals surface area contributed by atoms with Gasteiger partial charge in [0.05, 0.1) is 21.2 Å². The largest absolute Gasteiger partial charge is 0.456 e. The van der Waals surface area contributed by atoms with Crippen molar-refractivity contribution in [2.24, 2.45) is 0 Å². The summed E-state index contributed by atoms with van der Waals surface area (Å²) < 4.78 is 34.7. The highest BCUT2D eigenvalue weighted by atomic mass is 35.5. The fourth-order valence-electron chi connectivity index (χ4n) is 3.94. The maximum atomic E-state index is 13.3. The van der Waals surface area contributed by atoms with Crippen molar-refractivity contribution >= 4 is 50.5 Å². The molecular weight excluding hydrogens is 567 g/mol. The van der Waals surface area contributed by atoms with Gasteiger partial charge in [0.25, 0.3) is 15.9 Å². The number of ether oxygens (including phenoxy) is 1. The lowest BCUT2D eigenvalue weighted by Gasteiger charge is -2.14. The highest BCUT2D eigenvalue weighted by Crippen LogP contribution is 2.30. The zero-order valence-electron chi connectivity index (χ0n) is 20.8. The number of nitrogens with one attached hydrogen (secondary N) is 2. The van der Waals surface area contributed by atoms with Crippen molar-refractivity contribution in [2.45, 2.75) is 4.90 Å². The summed E-state index contributed by atoms with van der Waals surface area (Å²) in [6.45, 7) is 0. The van der Waals surface area contributed by atoms with Gasteiger partial charge < -0.3 is 10.1 Å². The van der Waals surface area contributed by atoms with Crippen LogP contribution in [-0.4, -0.2) is 14.3 Å². The van der Waals surface area contributed by atoms with Crippen LogP contribution in [0, 0.1) is 0 Å². The second-order valence-electron chi connectivity index (χ2n) is 8.70. The first-order valence-electron chi connectivity index (χ1n) is 12.1. The molecule has 5 rings (SSSR count). The van der Waals surface area contributed by atoms with Crippen LogP contribution in [0.1, 0.15) is 10.4 Å². The number of sulfonamides is 1. The van der Waals surface area contributed by atoms with E-state index in [1.54, 1.807) is 30.3 Å². The van der Waals surface area contributed by atoms with Crippen LogP contribution in [0.2, 0.25) is 10.0 Å². The lowest BCUT2D eigenvalue weighted by atomic mass is 10.1. The highest BCUT2D eigenvalue weighted by molar-refractivity contribution is 7.92. The Morgan fingerprint density at radius 1 is 0.700 bits per heavy atom. The van der Waals surface area contributed by atoms with Gasteiger partial charge in [-0.1, -0.05) is 77.8 Å². The van der Waals surface area contributed by atoms with E-state index in [1.165, 1.54) is 42.5 Å². The Hall–Kier alpha value is -4.30. The number of hydrogen-bond donors (Lipinski definition) is 2. The molecule has 9 heteroatoms. The molecule has 0 spiro atoms. The smallest absolute Gasteiger partial charge is 0.261 e. The molecule has 5 aromatic carbocycles.